The van der Waals surface area contributed by atoms with E-state index in [0.29, 0.717) is 34.3 Å². The predicted octanol–water partition coefficient (Wildman–Crippen LogP) is 4.46. The van der Waals surface area contributed by atoms with Crippen LogP contribution in [0.25, 0.3) is 22.3 Å². The Labute approximate surface area is 260 Å². The van der Waals surface area contributed by atoms with Crippen molar-refractivity contribution in [3.63, 3.8) is 0 Å². The van der Waals surface area contributed by atoms with Gasteiger partial charge in [0.2, 0.25) is 0 Å². The molecule has 0 aromatic carbocycles. The average Bonchev–Trinajstić information content (AvgIpc) is 3.62. The van der Waals surface area contributed by atoms with E-state index in [1.54, 1.807) is 35.2 Å². The fourth-order valence-corrected chi connectivity index (χ4v) is 7.63. The molecule has 0 spiro atoms. The Kier molecular flexibility index (Phi) is 6.98. The van der Waals surface area contributed by atoms with Gasteiger partial charge in [0, 0.05) is 55.4 Å². The maximum atomic E-state index is 13.2. The third kappa shape index (κ3) is 5.04. The lowest BCUT2D eigenvalue weighted by Gasteiger charge is -2.53. The number of hydrazine groups is 1. The van der Waals surface area contributed by atoms with Crippen LogP contribution in [0.4, 0.5) is 5.82 Å². The predicted molar refractivity (Wildman–Crippen MR) is 167 cm³/mol. The minimum atomic E-state index is -0.406. The number of fused-ring (bicyclic) bond motifs is 3. The summed E-state index contributed by atoms with van der Waals surface area (Å²) in [6.45, 7) is 5.05. The second-order valence-corrected chi connectivity index (χ2v) is 12.9. The van der Waals surface area contributed by atoms with Crippen LogP contribution < -0.4 is 15.6 Å². The zero-order valence-electron chi connectivity index (χ0n) is 24.8. The van der Waals surface area contributed by atoms with Gasteiger partial charge in [-0.2, -0.15) is 10.4 Å². The first-order valence-electron chi connectivity index (χ1n) is 14.8. The number of carbonyl (C=O) groups excluding carboxylic acids is 1. The van der Waals surface area contributed by atoms with Gasteiger partial charge in [0.15, 0.2) is 0 Å². The van der Waals surface area contributed by atoms with Crippen LogP contribution in [0.2, 0.25) is 5.02 Å². The van der Waals surface area contributed by atoms with Crippen molar-refractivity contribution in [1.82, 2.24) is 40.3 Å². The Morgan fingerprint density at radius 1 is 1.20 bits per heavy atom. The molecule has 1 saturated heterocycles. The molecule has 2 N–H and O–H groups in total. The smallest absolute Gasteiger partial charge is 0.271 e. The van der Waals surface area contributed by atoms with Crippen LogP contribution in [0.15, 0.2) is 55.4 Å². The zero-order valence-corrected chi connectivity index (χ0v) is 25.6. The molecule has 2 fully saturated rings. The lowest BCUT2D eigenvalue weighted by atomic mass is 9.69. The third-order valence-corrected chi connectivity index (χ3v) is 9.42. The number of anilines is 1. The highest BCUT2D eigenvalue weighted by Gasteiger charge is 2.46. The van der Waals surface area contributed by atoms with E-state index in [0.717, 1.165) is 48.2 Å². The van der Waals surface area contributed by atoms with Crippen LogP contribution in [-0.2, 0) is 0 Å². The van der Waals surface area contributed by atoms with Gasteiger partial charge in [-0.05, 0) is 74.8 Å². The number of hydrogen-bond donors (Lipinski definition) is 2. The molecule has 4 unspecified atom stereocenters. The molecule has 1 saturated carbocycles. The fraction of sp³-hybridized carbons (Fsp3) is 0.375. The van der Waals surface area contributed by atoms with Gasteiger partial charge in [0.1, 0.15) is 17.6 Å². The molecule has 4 aromatic heterocycles. The van der Waals surface area contributed by atoms with Crippen molar-refractivity contribution < 1.29 is 4.79 Å². The molecule has 6 heterocycles. The van der Waals surface area contributed by atoms with Crippen molar-refractivity contribution in [1.29, 1.82) is 5.26 Å². The van der Waals surface area contributed by atoms with Crippen molar-refractivity contribution >= 4 is 34.4 Å². The zero-order chi connectivity index (χ0) is 30.6. The highest BCUT2D eigenvalue weighted by Crippen LogP contribution is 2.44. The number of amides is 1. The average molecular weight is 609 g/mol. The first-order valence-corrected chi connectivity index (χ1v) is 15.2. The van der Waals surface area contributed by atoms with Gasteiger partial charge in [0.05, 0.1) is 40.4 Å². The Morgan fingerprint density at radius 2 is 2.07 bits per heavy atom. The fourth-order valence-electron chi connectivity index (χ4n) is 7.42. The van der Waals surface area contributed by atoms with Crippen LogP contribution in [0, 0.1) is 17.2 Å². The molecule has 2 aliphatic heterocycles. The first kappa shape index (κ1) is 28.3. The molecule has 12 heteroatoms. The summed E-state index contributed by atoms with van der Waals surface area (Å²) in [5.41, 5.74) is 7.90. The standard InChI is InChI=1S/C32H33ClN10O/c1-19-7-20-8-24(11-32(2,10-20)40-31(44)29-26(33)5-4-6-35-29)43(19)28-16-36-27(15-37-28)25-9-21(23-14-38-41(3)17-23)18-42-30(25)22(12-34)13-39-42/h4-6,9,13,15-20,24,38H,7-8,10-11,14H2,1-3H3,(H,40,44). The molecule has 11 nitrogen and oxygen atoms in total. The van der Waals surface area contributed by atoms with Crippen LogP contribution in [-0.4, -0.2) is 66.7 Å². The van der Waals surface area contributed by atoms with Gasteiger partial charge in [0.25, 0.3) is 5.91 Å². The highest BCUT2D eigenvalue weighted by molar-refractivity contribution is 6.33. The molecule has 3 aliphatic rings. The number of piperidine rings is 1. The number of hydrogen-bond acceptors (Lipinski definition) is 9. The molecule has 2 bridgehead atoms. The molecular formula is C32H33ClN10O. The Morgan fingerprint density at radius 3 is 2.80 bits per heavy atom. The van der Waals surface area contributed by atoms with Crippen molar-refractivity contribution in [2.45, 2.75) is 57.2 Å². The summed E-state index contributed by atoms with van der Waals surface area (Å²) >= 11 is 6.27. The quantitative estimate of drug-likeness (QED) is 0.337. The minimum Gasteiger partial charge on any atom is -0.350 e. The van der Waals surface area contributed by atoms with E-state index in [9.17, 15) is 10.1 Å². The van der Waals surface area contributed by atoms with E-state index in [2.05, 4.69) is 51.7 Å². The second kappa shape index (κ2) is 10.9. The number of nitriles is 1. The summed E-state index contributed by atoms with van der Waals surface area (Å²) < 4.78 is 1.75. The normalized spacial score (nSPS) is 24.7. The van der Waals surface area contributed by atoms with E-state index in [1.807, 2.05) is 30.7 Å². The Hall–Kier alpha value is -4.53. The largest absolute Gasteiger partial charge is 0.350 e. The third-order valence-electron chi connectivity index (χ3n) is 9.11. The number of rotatable bonds is 5. The van der Waals surface area contributed by atoms with E-state index in [-0.39, 0.29) is 23.7 Å². The number of carbonyl (C=O) groups is 1. The van der Waals surface area contributed by atoms with Crippen molar-refractivity contribution in [3.8, 4) is 17.3 Å². The lowest BCUT2D eigenvalue weighted by molar-refractivity contribution is 0.0794. The van der Waals surface area contributed by atoms with E-state index in [1.165, 1.54) is 0 Å². The van der Waals surface area contributed by atoms with Crippen LogP contribution in [0.1, 0.15) is 61.1 Å². The van der Waals surface area contributed by atoms with Crippen molar-refractivity contribution in [3.05, 3.63) is 77.2 Å². The summed E-state index contributed by atoms with van der Waals surface area (Å²) in [5, 5.41) is 19.8. The lowest BCUT2D eigenvalue weighted by Crippen LogP contribution is -2.60. The van der Waals surface area contributed by atoms with E-state index < -0.39 is 5.54 Å². The molecule has 4 aromatic rings. The van der Waals surface area contributed by atoms with Gasteiger partial charge >= 0.3 is 0 Å². The molecule has 224 valence electrons. The van der Waals surface area contributed by atoms with Gasteiger partial charge in [-0.1, -0.05) is 11.6 Å². The maximum Gasteiger partial charge on any atom is 0.271 e. The molecule has 7 rings (SSSR count). The topological polar surface area (TPSA) is 127 Å². The van der Waals surface area contributed by atoms with Crippen LogP contribution in [0.3, 0.4) is 0 Å². The summed E-state index contributed by atoms with van der Waals surface area (Å²) in [6.07, 6.45) is 14.5. The molecule has 1 amide bonds. The summed E-state index contributed by atoms with van der Waals surface area (Å²) in [5.74, 6) is 1.04. The van der Waals surface area contributed by atoms with Crippen molar-refractivity contribution in [2.75, 3.05) is 18.5 Å². The van der Waals surface area contributed by atoms with Gasteiger partial charge in [-0.25, -0.2) is 19.9 Å². The molecule has 0 radical (unpaired) electrons. The first-order chi connectivity index (χ1) is 21.2. The van der Waals surface area contributed by atoms with Gasteiger partial charge < -0.3 is 15.2 Å². The summed E-state index contributed by atoms with van der Waals surface area (Å²) in [4.78, 5) is 29.6. The molecule has 44 heavy (non-hydrogen) atoms. The highest BCUT2D eigenvalue weighted by atomic mass is 35.5. The number of aromatic nitrogens is 5. The van der Waals surface area contributed by atoms with Crippen molar-refractivity contribution in [2.24, 2.45) is 5.92 Å². The second-order valence-electron chi connectivity index (χ2n) is 12.5. The molecule has 1 aliphatic carbocycles. The molecular weight excluding hydrogens is 576 g/mol. The number of nitrogens with zero attached hydrogens (tertiary/aromatic N) is 8. The van der Waals surface area contributed by atoms with E-state index >= 15 is 0 Å². The maximum absolute atomic E-state index is 13.2. The van der Waals surface area contributed by atoms with Crippen LogP contribution in [0.5, 0.6) is 0 Å². The monoisotopic (exact) mass is 608 g/mol. The minimum absolute atomic E-state index is 0.191. The number of nitrogens with one attached hydrogen (secondary N) is 2. The summed E-state index contributed by atoms with van der Waals surface area (Å²) in [7, 11) is 1.96. The number of pyridine rings is 2. The summed E-state index contributed by atoms with van der Waals surface area (Å²) in [6, 6.07) is 8.20. The number of halogens is 1. The van der Waals surface area contributed by atoms with E-state index in [4.69, 9.17) is 21.6 Å². The van der Waals surface area contributed by atoms with Gasteiger partial charge in [-0.3, -0.25) is 9.78 Å². The van der Waals surface area contributed by atoms with Crippen LogP contribution >= 0.6 is 11.6 Å². The SMILES string of the molecule is CC1CC2CC(CC(C)(NC(=O)c3ncccc3Cl)C2)N1c1cnc(-c2cc(C3=CN(C)NC3)cn3ncc(C#N)c23)cn1. The Bertz CT molecular complexity index is 1830. The van der Waals surface area contributed by atoms with Gasteiger partial charge in [-0.15, -0.1) is 0 Å². The molecule has 4 atom stereocenters. The Balaban J connectivity index is 1.18.